The summed E-state index contributed by atoms with van der Waals surface area (Å²) in [7, 11) is 0. The minimum atomic E-state index is -0.920. The molecule has 1 N–H and O–H groups in total. The second-order valence-electron chi connectivity index (χ2n) is 7.53. The van der Waals surface area contributed by atoms with E-state index in [-0.39, 0.29) is 11.8 Å². The predicted molar refractivity (Wildman–Crippen MR) is 91.9 cm³/mol. The van der Waals surface area contributed by atoms with E-state index in [1.54, 1.807) is 0 Å². The Morgan fingerprint density at radius 1 is 1.33 bits per heavy atom. The Kier molecular flexibility index (Phi) is 4.52. The Hall–Kier alpha value is -2.04. The second kappa shape index (κ2) is 6.46. The highest BCUT2D eigenvalue weighted by atomic mass is 16.4. The smallest absolute Gasteiger partial charge is 0.407 e. The van der Waals surface area contributed by atoms with Crippen LogP contribution in [0.3, 0.4) is 0 Å². The fourth-order valence-corrected chi connectivity index (χ4v) is 4.36. The van der Waals surface area contributed by atoms with Crippen LogP contribution in [0.4, 0.5) is 4.79 Å². The van der Waals surface area contributed by atoms with Crippen LogP contribution in [0.25, 0.3) is 0 Å². The van der Waals surface area contributed by atoms with E-state index >= 15 is 0 Å². The monoisotopic (exact) mass is 330 g/mol. The largest absolute Gasteiger partial charge is 0.465 e. The van der Waals surface area contributed by atoms with Crippen LogP contribution in [-0.2, 0) is 4.79 Å². The summed E-state index contributed by atoms with van der Waals surface area (Å²) >= 11 is 0. The van der Waals surface area contributed by atoms with Gasteiger partial charge in [-0.05, 0) is 24.3 Å². The predicted octanol–water partition coefficient (Wildman–Crippen LogP) is 3.03. The van der Waals surface area contributed by atoms with Crippen molar-refractivity contribution in [3.8, 4) is 0 Å². The minimum Gasteiger partial charge on any atom is -0.465 e. The number of carboxylic acid groups (broad SMARTS) is 1. The van der Waals surface area contributed by atoms with E-state index in [4.69, 9.17) is 0 Å². The Labute approximate surface area is 143 Å². The van der Waals surface area contributed by atoms with Crippen molar-refractivity contribution in [2.75, 3.05) is 26.2 Å². The number of hydrogen-bond donors (Lipinski definition) is 1. The number of hydrogen-bond acceptors (Lipinski definition) is 2. The average Bonchev–Trinajstić information content (AvgIpc) is 2.81. The molecule has 0 saturated carbocycles. The molecule has 0 unspecified atom stereocenters. The first-order chi connectivity index (χ1) is 11.4. The van der Waals surface area contributed by atoms with Gasteiger partial charge in [0.05, 0.1) is 5.41 Å². The van der Waals surface area contributed by atoms with Gasteiger partial charge in [-0.1, -0.05) is 44.2 Å². The van der Waals surface area contributed by atoms with E-state index in [2.05, 4.69) is 26.0 Å². The van der Waals surface area contributed by atoms with Gasteiger partial charge in [0.1, 0.15) is 0 Å². The van der Waals surface area contributed by atoms with Crippen LogP contribution in [0.1, 0.15) is 38.2 Å². The van der Waals surface area contributed by atoms with Crippen LogP contribution in [-0.4, -0.2) is 53.1 Å². The molecule has 24 heavy (non-hydrogen) atoms. The van der Waals surface area contributed by atoms with Crippen LogP contribution in [0.2, 0.25) is 0 Å². The third kappa shape index (κ3) is 2.87. The molecule has 1 aromatic carbocycles. The van der Waals surface area contributed by atoms with E-state index in [1.807, 2.05) is 23.1 Å². The molecule has 1 aromatic rings. The number of nitrogens with zero attached hydrogens (tertiary/aromatic N) is 2. The Morgan fingerprint density at radius 2 is 2.04 bits per heavy atom. The molecule has 1 spiro atoms. The van der Waals surface area contributed by atoms with Gasteiger partial charge in [-0.15, -0.1) is 0 Å². The van der Waals surface area contributed by atoms with E-state index in [0.29, 0.717) is 25.6 Å². The first-order valence-corrected chi connectivity index (χ1v) is 8.76. The summed E-state index contributed by atoms with van der Waals surface area (Å²) < 4.78 is 0. The van der Waals surface area contributed by atoms with Crippen molar-refractivity contribution in [1.29, 1.82) is 0 Å². The highest BCUT2D eigenvalue weighted by Crippen LogP contribution is 2.49. The lowest BCUT2D eigenvalue weighted by molar-refractivity contribution is -0.139. The molecule has 2 amide bonds. The van der Waals surface area contributed by atoms with Crippen molar-refractivity contribution in [1.82, 2.24) is 9.80 Å². The lowest BCUT2D eigenvalue weighted by Crippen LogP contribution is -2.51. The standard InChI is InChI=1S/C19H26N2O3/c1-14(2)11-21-12-16(15-7-4-3-5-8-15)19(17(21)22)9-6-10-20(13-19)18(23)24/h3-5,7-8,14,16H,6,9-13H2,1-2H3,(H,23,24)/t16-,19-/m1/s1. The molecule has 5 nitrogen and oxygen atoms in total. The molecule has 0 aromatic heterocycles. The lowest BCUT2D eigenvalue weighted by atomic mass is 9.69. The van der Waals surface area contributed by atoms with Crippen LogP contribution >= 0.6 is 0 Å². The molecule has 130 valence electrons. The summed E-state index contributed by atoms with van der Waals surface area (Å²) in [6, 6.07) is 10.1. The number of amides is 2. The van der Waals surface area contributed by atoms with Gasteiger partial charge in [-0.25, -0.2) is 4.79 Å². The normalized spacial score (nSPS) is 27.3. The molecule has 2 aliphatic rings. The molecule has 2 heterocycles. The van der Waals surface area contributed by atoms with E-state index in [0.717, 1.165) is 24.9 Å². The summed E-state index contributed by atoms with van der Waals surface area (Å²) in [5.74, 6) is 0.600. The summed E-state index contributed by atoms with van der Waals surface area (Å²) in [4.78, 5) is 28.2. The number of carbonyl (C=O) groups is 2. The molecule has 2 atom stereocenters. The maximum atomic E-state index is 13.3. The van der Waals surface area contributed by atoms with Gasteiger partial charge in [0.25, 0.3) is 0 Å². The molecule has 2 fully saturated rings. The Balaban J connectivity index is 1.98. The van der Waals surface area contributed by atoms with E-state index in [1.165, 1.54) is 4.90 Å². The van der Waals surface area contributed by atoms with Crippen molar-refractivity contribution in [3.05, 3.63) is 35.9 Å². The fourth-order valence-electron chi connectivity index (χ4n) is 4.36. The first-order valence-electron chi connectivity index (χ1n) is 8.76. The van der Waals surface area contributed by atoms with Crippen molar-refractivity contribution in [2.45, 2.75) is 32.6 Å². The third-order valence-electron chi connectivity index (χ3n) is 5.37. The van der Waals surface area contributed by atoms with Crippen molar-refractivity contribution < 1.29 is 14.7 Å². The third-order valence-corrected chi connectivity index (χ3v) is 5.37. The van der Waals surface area contributed by atoms with Gasteiger partial charge >= 0.3 is 6.09 Å². The topological polar surface area (TPSA) is 60.9 Å². The second-order valence-corrected chi connectivity index (χ2v) is 7.53. The minimum absolute atomic E-state index is 0.0621. The van der Waals surface area contributed by atoms with Gasteiger partial charge in [-0.2, -0.15) is 0 Å². The SMILES string of the molecule is CC(C)CN1C[C@H](c2ccccc2)[C@]2(CCCN(C(=O)O)C2)C1=O. The van der Waals surface area contributed by atoms with Crippen molar-refractivity contribution >= 4 is 12.0 Å². The highest BCUT2D eigenvalue weighted by molar-refractivity contribution is 5.87. The summed E-state index contributed by atoms with van der Waals surface area (Å²) in [5, 5.41) is 9.44. The fraction of sp³-hybridized carbons (Fsp3) is 0.579. The number of piperidine rings is 1. The van der Waals surface area contributed by atoms with Gasteiger partial charge in [0.2, 0.25) is 5.91 Å². The summed E-state index contributed by atoms with van der Waals surface area (Å²) in [6.45, 7) is 6.48. The molecule has 2 saturated heterocycles. The maximum absolute atomic E-state index is 13.3. The lowest BCUT2D eigenvalue weighted by Gasteiger charge is -2.41. The molecule has 2 aliphatic heterocycles. The van der Waals surface area contributed by atoms with Crippen LogP contribution in [0.5, 0.6) is 0 Å². The molecule has 0 bridgehead atoms. The van der Waals surface area contributed by atoms with E-state index < -0.39 is 11.5 Å². The summed E-state index contributed by atoms with van der Waals surface area (Å²) in [6.07, 6.45) is 0.594. The quantitative estimate of drug-likeness (QED) is 0.926. The number of benzene rings is 1. The van der Waals surface area contributed by atoms with Gasteiger partial charge in [0.15, 0.2) is 0 Å². The Morgan fingerprint density at radius 3 is 2.67 bits per heavy atom. The van der Waals surface area contributed by atoms with Gasteiger partial charge < -0.3 is 14.9 Å². The van der Waals surface area contributed by atoms with Crippen LogP contribution < -0.4 is 0 Å². The zero-order valence-corrected chi connectivity index (χ0v) is 14.4. The van der Waals surface area contributed by atoms with Crippen molar-refractivity contribution in [2.24, 2.45) is 11.3 Å². The number of carbonyl (C=O) groups excluding carboxylic acids is 1. The van der Waals surface area contributed by atoms with Gasteiger partial charge in [0, 0.05) is 32.1 Å². The zero-order chi connectivity index (χ0) is 17.3. The maximum Gasteiger partial charge on any atom is 0.407 e. The average molecular weight is 330 g/mol. The van der Waals surface area contributed by atoms with Gasteiger partial charge in [-0.3, -0.25) is 4.79 Å². The molecule has 0 radical (unpaired) electrons. The van der Waals surface area contributed by atoms with Crippen LogP contribution in [0, 0.1) is 11.3 Å². The molecule has 3 rings (SSSR count). The molecular formula is C19H26N2O3. The van der Waals surface area contributed by atoms with Crippen molar-refractivity contribution in [3.63, 3.8) is 0 Å². The Bertz CT molecular complexity index is 616. The number of rotatable bonds is 3. The van der Waals surface area contributed by atoms with E-state index in [9.17, 15) is 14.7 Å². The highest BCUT2D eigenvalue weighted by Gasteiger charge is 2.56. The zero-order valence-electron chi connectivity index (χ0n) is 14.4. The first kappa shape index (κ1) is 16.8. The summed E-state index contributed by atoms with van der Waals surface area (Å²) in [5.41, 5.74) is 0.539. The molecule has 0 aliphatic carbocycles. The van der Waals surface area contributed by atoms with Crippen LogP contribution in [0.15, 0.2) is 30.3 Å². The number of likely N-dealkylation sites (tertiary alicyclic amines) is 2. The molecule has 5 heteroatoms. The molecular weight excluding hydrogens is 304 g/mol.